The van der Waals surface area contributed by atoms with Crippen LogP contribution in [0.2, 0.25) is 0 Å². The average molecular weight is 258 g/mol. The highest BCUT2D eigenvalue weighted by Gasteiger charge is 2.16. The third kappa shape index (κ3) is 3.52. The van der Waals surface area contributed by atoms with Crippen molar-refractivity contribution in [3.63, 3.8) is 0 Å². The summed E-state index contributed by atoms with van der Waals surface area (Å²) in [5, 5.41) is 8.77. The molecular formula is C10H14N2O4S. The number of carbonyl (C=O) groups excluding carboxylic acids is 1. The number of benzene rings is 1. The minimum atomic E-state index is -3.68. The van der Waals surface area contributed by atoms with Gasteiger partial charge in [-0.1, -0.05) is 0 Å². The third-order valence-electron chi connectivity index (χ3n) is 2.08. The maximum Gasteiger partial charge on any atom is 0.248 e. The second-order valence-electron chi connectivity index (χ2n) is 3.59. The SMILES string of the molecule is CC(CO)NS(=O)(=O)c1ccc(C(N)=O)cc1. The van der Waals surface area contributed by atoms with E-state index in [2.05, 4.69) is 4.72 Å². The molecule has 1 rings (SSSR count). The van der Waals surface area contributed by atoms with Gasteiger partial charge in [0, 0.05) is 11.6 Å². The van der Waals surface area contributed by atoms with Crippen LogP contribution < -0.4 is 10.5 Å². The summed E-state index contributed by atoms with van der Waals surface area (Å²) in [5.41, 5.74) is 5.27. The van der Waals surface area contributed by atoms with E-state index in [-0.39, 0.29) is 17.1 Å². The molecule has 0 aromatic heterocycles. The Morgan fingerprint density at radius 1 is 1.41 bits per heavy atom. The molecule has 94 valence electrons. The van der Waals surface area contributed by atoms with Crippen molar-refractivity contribution in [2.45, 2.75) is 17.9 Å². The van der Waals surface area contributed by atoms with Gasteiger partial charge in [0.05, 0.1) is 11.5 Å². The highest BCUT2D eigenvalue weighted by atomic mass is 32.2. The number of hydrogen-bond donors (Lipinski definition) is 3. The number of nitrogens with one attached hydrogen (secondary N) is 1. The number of carbonyl (C=O) groups is 1. The van der Waals surface area contributed by atoms with Gasteiger partial charge in [0.1, 0.15) is 0 Å². The van der Waals surface area contributed by atoms with Crippen LogP contribution in [0.5, 0.6) is 0 Å². The molecule has 0 spiro atoms. The zero-order chi connectivity index (χ0) is 13.1. The summed E-state index contributed by atoms with van der Waals surface area (Å²) < 4.78 is 25.8. The monoisotopic (exact) mass is 258 g/mol. The first-order valence-electron chi connectivity index (χ1n) is 4.90. The second-order valence-corrected chi connectivity index (χ2v) is 5.31. The van der Waals surface area contributed by atoms with Crippen LogP contribution in [0.3, 0.4) is 0 Å². The molecule has 0 aliphatic heterocycles. The van der Waals surface area contributed by atoms with E-state index in [1.807, 2.05) is 0 Å². The molecule has 0 heterocycles. The Balaban J connectivity index is 2.96. The van der Waals surface area contributed by atoms with Crippen molar-refractivity contribution >= 4 is 15.9 Å². The lowest BCUT2D eigenvalue weighted by molar-refractivity contribution is 0.1000. The lowest BCUT2D eigenvalue weighted by Gasteiger charge is -2.11. The van der Waals surface area contributed by atoms with E-state index in [4.69, 9.17) is 10.8 Å². The van der Waals surface area contributed by atoms with E-state index in [1.165, 1.54) is 31.2 Å². The molecular weight excluding hydrogens is 244 g/mol. The van der Waals surface area contributed by atoms with Crippen LogP contribution in [-0.4, -0.2) is 32.1 Å². The van der Waals surface area contributed by atoms with Crippen LogP contribution in [-0.2, 0) is 10.0 Å². The average Bonchev–Trinajstić information content (AvgIpc) is 2.28. The molecule has 1 aromatic carbocycles. The molecule has 0 saturated heterocycles. The van der Waals surface area contributed by atoms with Gasteiger partial charge in [0.25, 0.3) is 0 Å². The van der Waals surface area contributed by atoms with Gasteiger partial charge in [-0.3, -0.25) is 4.79 Å². The minimum absolute atomic E-state index is 0.0165. The molecule has 0 fully saturated rings. The molecule has 0 bridgehead atoms. The largest absolute Gasteiger partial charge is 0.395 e. The van der Waals surface area contributed by atoms with Gasteiger partial charge in [0.15, 0.2) is 0 Å². The third-order valence-corrected chi connectivity index (χ3v) is 3.68. The smallest absolute Gasteiger partial charge is 0.248 e. The fourth-order valence-corrected chi connectivity index (χ4v) is 2.40. The van der Waals surface area contributed by atoms with Crippen LogP contribution in [0.15, 0.2) is 29.2 Å². The van der Waals surface area contributed by atoms with Gasteiger partial charge < -0.3 is 10.8 Å². The van der Waals surface area contributed by atoms with Crippen LogP contribution in [0, 0.1) is 0 Å². The second kappa shape index (κ2) is 5.26. The van der Waals surface area contributed by atoms with E-state index >= 15 is 0 Å². The maximum absolute atomic E-state index is 11.7. The van der Waals surface area contributed by atoms with E-state index in [9.17, 15) is 13.2 Å². The van der Waals surface area contributed by atoms with E-state index in [0.29, 0.717) is 0 Å². The number of sulfonamides is 1. The highest BCUT2D eigenvalue weighted by molar-refractivity contribution is 7.89. The Kier molecular flexibility index (Phi) is 4.22. The normalized spacial score (nSPS) is 13.3. The zero-order valence-corrected chi connectivity index (χ0v) is 10.1. The summed E-state index contributed by atoms with van der Waals surface area (Å²) >= 11 is 0. The number of aliphatic hydroxyl groups is 1. The standard InChI is InChI=1S/C10H14N2O4S/c1-7(6-13)12-17(15,16)9-4-2-8(3-5-9)10(11)14/h2-5,7,12-13H,6H2,1H3,(H2,11,14). The summed E-state index contributed by atoms with van der Waals surface area (Å²) in [6, 6.07) is 4.66. The zero-order valence-electron chi connectivity index (χ0n) is 9.25. The number of primary amides is 1. The lowest BCUT2D eigenvalue weighted by Crippen LogP contribution is -2.35. The number of amides is 1. The predicted molar refractivity (Wildman–Crippen MR) is 61.8 cm³/mol. The van der Waals surface area contributed by atoms with E-state index < -0.39 is 22.0 Å². The van der Waals surface area contributed by atoms with Crippen molar-refractivity contribution < 1.29 is 18.3 Å². The molecule has 0 aliphatic carbocycles. The molecule has 1 amide bonds. The molecule has 0 radical (unpaired) electrons. The molecule has 6 nitrogen and oxygen atoms in total. The van der Waals surface area contributed by atoms with E-state index in [1.54, 1.807) is 0 Å². The van der Waals surface area contributed by atoms with Gasteiger partial charge in [-0.05, 0) is 31.2 Å². The first-order valence-corrected chi connectivity index (χ1v) is 6.38. The van der Waals surface area contributed by atoms with Crippen LogP contribution in [0.4, 0.5) is 0 Å². The molecule has 7 heteroatoms. The number of aliphatic hydroxyl groups excluding tert-OH is 1. The summed E-state index contributed by atoms with van der Waals surface area (Å²) in [7, 11) is -3.68. The topological polar surface area (TPSA) is 109 Å². The van der Waals surface area contributed by atoms with Crippen molar-refractivity contribution in [2.24, 2.45) is 5.73 Å². The molecule has 17 heavy (non-hydrogen) atoms. The van der Waals surface area contributed by atoms with Gasteiger partial charge in [0.2, 0.25) is 15.9 Å². The molecule has 1 unspecified atom stereocenters. The predicted octanol–water partition coefficient (Wildman–Crippen LogP) is -0.555. The minimum Gasteiger partial charge on any atom is -0.395 e. The van der Waals surface area contributed by atoms with E-state index in [0.717, 1.165) is 0 Å². The van der Waals surface area contributed by atoms with Crippen LogP contribution in [0.1, 0.15) is 17.3 Å². The number of rotatable bonds is 5. The van der Waals surface area contributed by atoms with Crippen molar-refractivity contribution in [1.82, 2.24) is 4.72 Å². The van der Waals surface area contributed by atoms with Gasteiger partial charge in [-0.15, -0.1) is 0 Å². The Bertz CT molecular complexity index is 496. The summed E-state index contributed by atoms with van der Waals surface area (Å²) in [6.07, 6.45) is 0. The van der Waals surface area contributed by atoms with Crippen LogP contribution >= 0.6 is 0 Å². The van der Waals surface area contributed by atoms with Gasteiger partial charge in [-0.2, -0.15) is 0 Å². The quantitative estimate of drug-likeness (QED) is 0.658. The summed E-state index contributed by atoms with van der Waals surface area (Å²) in [6.45, 7) is 1.24. The summed E-state index contributed by atoms with van der Waals surface area (Å²) in [5.74, 6) is -0.620. The number of hydrogen-bond acceptors (Lipinski definition) is 4. The molecule has 0 saturated carbocycles. The fraction of sp³-hybridized carbons (Fsp3) is 0.300. The summed E-state index contributed by atoms with van der Waals surface area (Å²) in [4.78, 5) is 10.8. The Morgan fingerprint density at radius 2 is 1.94 bits per heavy atom. The Labute approximate surface area is 99.5 Å². The first kappa shape index (κ1) is 13.6. The van der Waals surface area contributed by atoms with Gasteiger partial charge >= 0.3 is 0 Å². The van der Waals surface area contributed by atoms with Gasteiger partial charge in [-0.25, -0.2) is 13.1 Å². The highest BCUT2D eigenvalue weighted by Crippen LogP contribution is 2.10. The fourth-order valence-electron chi connectivity index (χ4n) is 1.17. The molecule has 4 N–H and O–H groups in total. The first-order chi connectivity index (χ1) is 7.86. The van der Waals surface area contributed by atoms with Crippen molar-refractivity contribution in [3.05, 3.63) is 29.8 Å². The number of nitrogens with two attached hydrogens (primary N) is 1. The molecule has 1 aromatic rings. The molecule has 1 atom stereocenters. The van der Waals surface area contributed by atoms with Crippen molar-refractivity contribution in [1.29, 1.82) is 0 Å². The molecule has 0 aliphatic rings. The van der Waals surface area contributed by atoms with Crippen LogP contribution in [0.25, 0.3) is 0 Å². The van der Waals surface area contributed by atoms with Crippen molar-refractivity contribution in [2.75, 3.05) is 6.61 Å². The Hall–Kier alpha value is -1.44. The van der Waals surface area contributed by atoms with Crippen molar-refractivity contribution in [3.8, 4) is 0 Å². The lowest BCUT2D eigenvalue weighted by atomic mass is 10.2. The maximum atomic E-state index is 11.7. The Morgan fingerprint density at radius 3 is 2.35 bits per heavy atom.